The highest BCUT2D eigenvalue weighted by atomic mass is 17.2. The molecule has 0 amide bonds. The lowest BCUT2D eigenvalue weighted by Gasteiger charge is -2.33. The fraction of sp³-hybridized carbons (Fsp3) is 0.667. The van der Waals surface area contributed by atoms with Crippen LogP contribution in [0.15, 0.2) is 12.2 Å². The van der Waals surface area contributed by atoms with Crippen molar-refractivity contribution in [3.8, 4) is 0 Å². The van der Waals surface area contributed by atoms with Gasteiger partial charge >= 0.3 is 0 Å². The summed E-state index contributed by atoms with van der Waals surface area (Å²) >= 11 is 0. The van der Waals surface area contributed by atoms with E-state index in [4.69, 9.17) is 14.9 Å². The number of hydrogen-bond acceptors (Lipinski definition) is 3. The lowest BCUT2D eigenvalue weighted by atomic mass is 9.99. The molecule has 0 aromatic heterocycles. The van der Waals surface area contributed by atoms with Gasteiger partial charge in [0.05, 0.1) is 6.10 Å². The van der Waals surface area contributed by atoms with Gasteiger partial charge in [0.1, 0.15) is 12.2 Å². The minimum atomic E-state index is -0.367. The maximum Gasteiger partial charge on any atom is 0.137 e. The third kappa shape index (κ3) is 0.775. The van der Waals surface area contributed by atoms with Crippen molar-refractivity contribution < 1.29 is 14.9 Å². The van der Waals surface area contributed by atoms with Gasteiger partial charge in [0.2, 0.25) is 0 Å². The van der Waals surface area contributed by atoms with Gasteiger partial charge in [0.15, 0.2) is 0 Å². The Hall–Kier alpha value is -0.380. The van der Waals surface area contributed by atoms with Crippen molar-refractivity contribution in [2.24, 2.45) is 0 Å². The third-order valence-electron chi connectivity index (χ3n) is 1.66. The molecule has 1 N–H and O–H groups in total. The molecule has 2 heterocycles. The summed E-state index contributed by atoms with van der Waals surface area (Å²) in [6, 6.07) is 0. The van der Waals surface area contributed by atoms with Crippen LogP contribution in [0.2, 0.25) is 0 Å². The van der Waals surface area contributed by atoms with E-state index in [0.29, 0.717) is 6.42 Å². The van der Waals surface area contributed by atoms with E-state index >= 15 is 0 Å². The van der Waals surface area contributed by atoms with Crippen LogP contribution < -0.4 is 0 Å². The molecule has 0 spiro atoms. The van der Waals surface area contributed by atoms with Crippen molar-refractivity contribution in [2.75, 3.05) is 0 Å². The lowest BCUT2D eigenvalue weighted by Crippen LogP contribution is -2.41. The van der Waals surface area contributed by atoms with Crippen molar-refractivity contribution in [2.45, 2.75) is 24.7 Å². The molecule has 1 fully saturated rings. The van der Waals surface area contributed by atoms with Crippen LogP contribution in [0.25, 0.3) is 0 Å². The maximum absolute atomic E-state index is 9.14. The third-order valence-corrected chi connectivity index (χ3v) is 1.66. The summed E-state index contributed by atoms with van der Waals surface area (Å²) in [5.41, 5.74) is 0. The molecule has 3 aliphatic rings. The van der Waals surface area contributed by atoms with Crippen molar-refractivity contribution in [3.63, 3.8) is 0 Å². The van der Waals surface area contributed by atoms with Gasteiger partial charge in [-0.05, 0) is 0 Å². The first kappa shape index (κ1) is 5.41. The van der Waals surface area contributed by atoms with E-state index in [1.165, 1.54) is 0 Å². The average Bonchev–Trinajstić information content (AvgIpc) is 1.90. The zero-order valence-corrected chi connectivity index (χ0v) is 4.86. The molecule has 0 radical (unpaired) electrons. The predicted octanol–water partition coefficient (Wildman–Crippen LogP) is 0.00620. The molecule has 1 aliphatic carbocycles. The molecule has 2 bridgehead atoms. The van der Waals surface area contributed by atoms with Gasteiger partial charge in [0.25, 0.3) is 0 Å². The zero-order valence-electron chi connectivity index (χ0n) is 4.86. The maximum atomic E-state index is 9.14. The summed E-state index contributed by atoms with van der Waals surface area (Å²) in [5.74, 6) is 0. The highest BCUT2D eigenvalue weighted by molar-refractivity contribution is 5.05. The summed E-state index contributed by atoms with van der Waals surface area (Å²) in [5, 5.41) is 9.14. The van der Waals surface area contributed by atoms with Crippen LogP contribution in [-0.2, 0) is 9.78 Å². The van der Waals surface area contributed by atoms with E-state index in [2.05, 4.69) is 0 Å². The molecule has 0 aromatic rings. The summed E-state index contributed by atoms with van der Waals surface area (Å²) < 4.78 is 0. The van der Waals surface area contributed by atoms with E-state index in [1.54, 1.807) is 0 Å². The zero-order chi connectivity index (χ0) is 6.27. The van der Waals surface area contributed by atoms with Gasteiger partial charge in [-0.25, -0.2) is 9.78 Å². The number of aliphatic hydroxyl groups excluding tert-OH is 1. The van der Waals surface area contributed by atoms with Crippen LogP contribution in [0.3, 0.4) is 0 Å². The predicted molar refractivity (Wildman–Crippen MR) is 29.5 cm³/mol. The normalized spacial score (nSPS) is 47.9. The number of hydrogen-bond donors (Lipinski definition) is 1. The topological polar surface area (TPSA) is 38.7 Å². The fourth-order valence-electron chi connectivity index (χ4n) is 1.12. The summed E-state index contributed by atoms with van der Waals surface area (Å²) in [6.07, 6.45) is 3.80. The molecule has 3 rings (SSSR count). The quantitative estimate of drug-likeness (QED) is 0.369. The monoisotopic (exact) mass is 128 g/mol. The van der Waals surface area contributed by atoms with Crippen molar-refractivity contribution in [3.05, 3.63) is 12.2 Å². The number of rotatable bonds is 0. The van der Waals surface area contributed by atoms with E-state index in [0.717, 1.165) is 0 Å². The fourth-order valence-corrected chi connectivity index (χ4v) is 1.12. The molecule has 3 nitrogen and oxygen atoms in total. The van der Waals surface area contributed by atoms with Gasteiger partial charge in [-0.3, -0.25) is 0 Å². The average molecular weight is 128 g/mol. The molecule has 9 heavy (non-hydrogen) atoms. The molecule has 3 heteroatoms. The first-order valence-electron chi connectivity index (χ1n) is 3.05. The Morgan fingerprint density at radius 1 is 1.33 bits per heavy atom. The second-order valence-electron chi connectivity index (χ2n) is 2.38. The van der Waals surface area contributed by atoms with Crippen LogP contribution in [0.4, 0.5) is 0 Å². The van der Waals surface area contributed by atoms with Gasteiger partial charge in [-0.15, -0.1) is 0 Å². The lowest BCUT2D eigenvalue weighted by molar-refractivity contribution is -0.379. The Balaban J connectivity index is 2.20. The minimum absolute atomic E-state index is 0.0231. The van der Waals surface area contributed by atoms with E-state index < -0.39 is 0 Å². The largest absolute Gasteiger partial charge is 0.390 e. The Labute approximate surface area is 52.8 Å². The van der Waals surface area contributed by atoms with Gasteiger partial charge in [-0.1, -0.05) is 12.2 Å². The molecule has 50 valence electrons. The van der Waals surface area contributed by atoms with Crippen LogP contribution in [0.5, 0.6) is 0 Å². The molecule has 3 atom stereocenters. The first-order chi connectivity index (χ1) is 4.36. The van der Waals surface area contributed by atoms with Gasteiger partial charge < -0.3 is 5.11 Å². The smallest absolute Gasteiger partial charge is 0.137 e. The molecule has 0 aromatic carbocycles. The molecular weight excluding hydrogens is 120 g/mol. The van der Waals surface area contributed by atoms with Crippen molar-refractivity contribution >= 4 is 0 Å². The Bertz CT molecular complexity index is 143. The summed E-state index contributed by atoms with van der Waals surface area (Å²) in [6.45, 7) is 0. The standard InChI is InChI=1S/C6H8O3/c7-5-3-4-1-2-6(5)9-8-4/h1-2,4-7H,3H2/t4-,5+,6+/m0/s1. The molecular formula is C6H8O3. The van der Waals surface area contributed by atoms with E-state index in [9.17, 15) is 0 Å². The van der Waals surface area contributed by atoms with Crippen LogP contribution in [0, 0.1) is 0 Å². The highest BCUT2D eigenvalue weighted by Gasteiger charge is 2.32. The van der Waals surface area contributed by atoms with Crippen LogP contribution >= 0.6 is 0 Å². The highest BCUT2D eigenvalue weighted by Crippen LogP contribution is 2.24. The van der Waals surface area contributed by atoms with Crippen LogP contribution in [0.1, 0.15) is 6.42 Å². The van der Waals surface area contributed by atoms with Crippen molar-refractivity contribution in [1.82, 2.24) is 0 Å². The Kier molecular flexibility index (Phi) is 1.08. The molecule has 0 unspecified atom stereocenters. The molecule has 0 saturated carbocycles. The van der Waals surface area contributed by atoms with Crippen molar-refractivity contribution in [1.29, 1.82) is 0 Å². The van der Waals surface area contributed by atoms with Gasteiger partial charge in [0, 0.05) is 6.42 Å². The first-order valence-corrected chi connectivity index (χ1v) is 3.05. The minimum Gasteiger partial charge on any atom is -0.390 e. The second kappa shape index (κ2) is 1.80. The van der Waals surface area contributed by atoms with E-state index in [1.807, 2.05) is 12.2 Å². The number of aliphatic hydroxyl groups is 1. The molecule has 1 saturated heterocycles. The van der Waals surface area contributed by atoms with E-state index in [-0.39, 0.29) is 18.3 Å². The van der Waals surface area contributed by atoms with Crippen LogP contribution in [-0.4, -0.2) is 23.4 Å². The second-order valence-corrected chi connectivity index (χ2v) is 2.38. The summed E-state index contributed by atoms with van der Waals surface area (Å²) in [4.78, 5) is 9.55. The Morgan fingerprint density at radius 2 is 2.22 bits per heavy atom. The summed E-state index contributed by atoms with van der Waals surface area (Å²) in [7, 11) is 0. The molecule has 2 aliphatic heterocycles. The number of fused-ring (bicyclic) bond motifs is 2. The SMILES string of the molecule is O[C@@H]1C[C@@H]2C=C[C@H]1OO2. The van der Waals surface area contributed by atoms with Gasteiger partial charge in [-0.2, -0.15) is 0 Å². The Morgan fingerprint density at radius 3 is 2.44 bits per heavy atom.